The molecule has 29 heavy (non-hydrogen) atoms. The van der Waals surface area contributed by atoms with Gasteiger partial charge in [0.15, 0.2) is 6.10 Å². The van der Waals surface area contributed by atoms with E-state index in [9.17, 15) is 19.2 Å². The second-order valence-corrected chi connectivity index (χ2v) is 7.96. The third-order valence-electron chi connectivity index (χ3n) is 6.02. The van der Waals surface area contributed by atoms with Crippen molar-refractivity contribution in [1.29, 1.82) is 0 Å². The Hall–Kier alpha value is -2.71. The summed E-state index contributed by atoms with van der Waals surface area (Å²) in [4.78, 5) is 51.4. The highest BCUT2D eigenvalue weighted by molar-refractivity contribution is 6.08. The Balaban J connectivity index is 1.63. The van der Waals surface area contributed by atoms with Crippen molar-refractivity contribution in [3.63, 3.8) is 0 Å². The van der Waals surface area contributed by atoms with Gasteiger partial charge in [-0.3, -0.25) is 24.0 Å². The van der Waals surface area contributed by atoms with E-state index in [0.717, 1.165) is 23.4 Å². The van der Waals surface area contributed by atoms with E-state index >= 15 is 0 Å². The minimum atomic E-state index is -1.08. The van der Waals surface area contributed by atoms with Crippen LogP contribution in [0.3, 0.4) is 0 Å². The maximum absolute atomic E-state index is 12.6. The lowest BCUT2D eigenvalue weighted by Crippen LogP contribution is -2.46. The second kappa shape index (κ2) is 7.96. The van der Waals surface area contributed by atoms with Crippen molar-refractivity contribution in [1.82, 2.24) is 14.7 Å². The fourth-order valence-corrected chi connectivity index (χ4v) is 4.18. The summed E-state index contributed by atoms with van der Waals surface area (Å²) in [5, 5.41) is 6.95. The van der Waals surface area contributed by atoms with Crippen LogP contribution in [0, 0.1) is 25.7 Å². The average molecular weight is 404 g/mol. The Morgan fingerprint density at radius 1 is 1.10 bits per heavy atom. The molecule has 1 aromatic heterocycles. The van der Waals surface area contributed by atoms with Gasteiger partial charge in [-0.05, 0) is 40.5 Å². The summed E-state index contributed by atoms with van der Waals surface area (Å²) in [6.45, 7) is 6.51. The van der Waals surface area contributed by atoms with Crippen LogP contribution in [0.5, 0.6) is 0 Å². The molecule has 4 atom stereocenters. The first kappa shape index (κ1) is 21.0. The largest absolute Gasteiger partial charge is 0.451 e. The topological polar surface area (TPSA) is 111 Å². The minimum Gasteiger partial charge on any atom is -0.451 e. The van der Waals surface area contributed by atoms with Gasteiger partial charge in [0, 0.05) is 7.05 Å². The number of rotatable bonds is 5. The van der Waals surface area contributed by atoms with E-state index in [1.807, 2.05) is 6.92 Å². The molecule has 1 saturated heterocycles. The van der Waals surface area contributed by atoms with Crippen LogP contribution < -0.4 is 5.32 Å². The molecule has 2 heterocycles. The predicted octanol–water partition coefficient (Wildman–Crippen LogP) is 1.47. The van der Waals surface area contributed by atoms with Gasteiger partial charge in [-0.1, -0.05) is 12.8 Å². The van der Waals surface area contributed by atoms with Gasteiger partial charge in [-0.15, -0.1) is 0 Å². The zero-order valence-corrected chi connectivity index (χ0v) is 17.5. The summed E-state index contributed by atoms with van der Waals surface area (Å²) in [5.41, 5.74) is 2.00. The number of carbonyl (C=O) groups is 4. The summed E-state index contributed by atoms with van der Waals surface area (Å²) >= 11 is 0. The number of hydrogen-bond donors (Lipinski definition) is 1. The van der Waals surface area contributed by atoms with Gasteiger partial charge in [0.2, 0.25) is 11.8 Å². The highest BCUT2D eigenvalue weighted by Crippen LogP contribution is 2.39. The third kappa shape index (κ3) is 3.77. The number of fused-ring (bicyclic) bond motifs is 1. The highest BCUT2D eigenvalue weighted by atomic mass is 16.5. The lowest BCUT2D eigenvalue weighted by atomic mass is 9.81. The molecule has 0 radical (unpaired) electrons. The van der Waals surface area contributed by atoms with Gasteiger partial charge in [0.05, 0.1) is 28.9 Å². The molecule has 0 bridgehead atoms. The Morgan fingerprint density at radius 2 is 1.66 bits per heavy atom. The van der Waals surface area contributed by atoms with Gasteiger partial charge < -0.3 is 10.1 Å². The highest BCUT2D eigenvalue weighted by Gasteiger charge is 2.51. The van der Waals surface area contributed by atoms with Crippen molar-refractivity contribution < 1.29 is 23.9 Å². The molecule has 9 nitrogen and oxygen atoms in total. The van der Waals surface area contributed by atoms with Gasteiger partial charge in [0.25, 0.3) is 5.91 Å². The van der Waals surface area contributed by atoms with Crippen LogP contribution in [0.1, 0.15) is 50.9 Å². The Labute approximate surface area is 169 Å². The number of ether oxygens (including phenoxy) is 1. The zero-order chi connectivity index (χ0) is 21.5. The summed E-state index contributed by atoms with van der Waals surface area (Å²) in [7, 11) is 1.77. The smallest absolute Gasteiger partial charge is 0.329 e. The van der Waals surface area contributed by atoms with Gasteiger partial charge in [-0.25, -0.2) is 4.79 Å². The van der Waals surface area contributed by atoms with Crippen LogP contribution in [0.15, 0.2) is 0 Å². The fourth-order valence-electron chi connectivity index (χ4n) is 4.18. The number of aryl methyl sites for hydroxylation is 2. The first-order valence-corrected chi connectivity index (χ1v) is 10.0. The number of amides is 3. The van der Waals surface area contributed by atoms with E-state index in [4.69, 9.17) is 4.74 Å². The number of anilines is 1. The minimum absolute atomic E-state index is 0.303. The SMILES string of the molecule is Cc1nn(C)c(C)c1NC(=O)[C@@H](C)OC(=O)[C@H](C)N1C(=O)[C@H]2CCCC[C@H]2C1=O. The molecule has 1 saturated carbocycles. The van der Waals surface area contributed by atoms with E-state index in [2.05, 4.69) is 10.4 Å². The molecule has 158 valence electrons. The Bertz CT molecular complexity index is 837. The molecule has 9 heteroatoms. The summed E-state index contributed by atoms with van der Waals surface area (Å²) < 4.78 is 6.92. The molecule has 1 N–H and O–H groups in total. The quantitative estimate of drug-likeness (QED) is 0.588. The molecular weight excluding hydrogens is 376 g/mol. The van der Waals surface area contributed by atoms with Crippen LogP contribution >= 0.6 is 0 Å². The van der Waals surface area contributed by atoms with Gasteiger partial charge >= 0.3 is 5.97 Å². The van der Waals surface area contributed by atoms with Crippen LogP contribution in [-0.4, -0.2) is 50.5 Å². The lowest BCUT2D eigenvalue weighted by molar-refractivity contribution is -0.163. The Morgan fingerprint density at radius 3 is 2.14 bits per heavy atom. The van der Waals surface area contributed by atoms with Crippen molar-refractivity contribution in [2.24, 2.45) is 18.9 Å². The van der Waals surface area contributed by atoms with E-state index < -0.39 is 24.0 Å². The van der Waals surface area contributed by atoms with E-state index in [-0.39, 0.29) is 23.7 Å². The van der Waals surface area contributed by atoms with Crippen molar-refractivity contribution in [2.75, 3.05) is 5.32 Å². The van der Waals surface area contributed by atoms with Crippen molar-refractivity contribution in [2.45, 2.75) is 65.5 Å². The number of nitrogens with one attached hydrogen (secondary N) is 1. The second-order valence-electron chi connectivity index (χ2n) is 7.96. The molecule has 0 unspecified atom stereocenters. The fraction of sp³-hybridized carbons (Fsp3) is 0.650. The molecule has 2 fully saturated rings. The number of esters is 1. The van der Waals surface area contributed by atoms with Crippen molar-refractivity contribution >= 4 is 29.4 Å². The molecule has 3 rings (SSSR count). The summed E-state index contributed by atoms with van der Waals surface area (Å²) in [6, 6.07) is -1.06. The van der Waals surface area contributed by atoms with Crippen LogP contribution in [-0.2, 0) is 31.0 Å². The number of likely N-dealkylation sites (tertiary alicyclic amines) is 1. The predicted molar refractivity (Wildman–Crippen MR) is 104 cm³/mol. The lowest BCUT2D eigenvalue weighted by Gasteiger charge is -2.23. The summed E-state index contributed by atoms with van der Waals surface area (Å²) in [5.74, 6) is -2.54. The van der Waals surface area contributed by atoms with Crippen molar-refractivity contribution in [3.8, 4) is 0 Å². The molecule has 3 amide bonds. The first-order valence-electron chi connectivity index (χ1n) is 10.0. The van der Waals surface area contributed by atoms with E-state index in [1.165, 1.54) is 13.8 Å². The van der Waals surface area contributed by atoms with Crippen LogP contribution in [0.4, 0.5) is 5.69 Å². The molecule has 2 aliphatic rings. The first-order chi connectivity index (χ1) is 13.6. The van der Waals surface area contributed by atoms with Crippen LogP contribution in [0.25, 0.3) is 0 Å². The molecule has 0 spiro atoms. The number of imide groups is 1. The average Bonchev–Trinajstić information content (AvgIpc) is 3.08. The maximum Gasteiger partial charge on any atom is 0.329 e. The van der Waals surface area contributed by atoms with E-state index in [1.54, 1.807) is 18.7 Å². The molecule has 1 aliphatic carbocycles. The van der Waals surface area contributed by atoms with Gasteiger partial charge in [-0.2, -0.15) is 5.10 Å². The molecule has 1 aliphatic heterocycles. The summed E-state index contributed by atoms with van der Waals surface area (Å²) in [6.07, 6.45) is 2.10. The van der Waals surface area contributed by atoms with Gasteiger partial charge in [0.1, 0.15) is 6.04 Å². The maximum atomic E-state index is 12.6. The third-order valence-corrected chi connectivity index (χ3v) is 6.02. The number of aromatic nitrogens is 2. The standard InChI is InChI=1S/C20H28N4O5/c1-10-16(11(2)23(5)22-10)21-17(25)13(4)29-20(28)12(3)24-18(26)14-8-6-7-9-15(14)19(24)27/h12-15H,6-9H2,1-5H3,(H,21,25)/t12-,13+,14-,15+/m0/s1. The molecule has 1 aromatic rings. The van der Waals surface area contributed by atoms with Crippen LogP contribution in [0.2, 0.25) is 0 Å². The monoisotopic (exact) mass is 404 g/mol. The molecule has 0 aromatic carbocycles. The zero-order valence-electron chi connectivity index (χ0n) is 17.5. The number of hydrogen-bond acceptors (Lipinski definition) is 6. The molecular formula is C20H28N4O5. The number of nitrogens with zero attached hydrogens (tertiary/aromatic N) is 3. The number of carbonyl (C=O) groups excluding carboxylic acids is 4. The normalized spacial score (nSPS) is 23.6. The van der Waals surface area contributed by atoms with E-state index in [0.29, 0.717) is 24.2 Å². The van der Waals surface area contributed by atoms with Crippen molar-refractivity contribution in [3.05, 3.63) is 11.4 Å². The Kier molecular flexibility index (Phi) is 5.77.